The first kappa shape index (κ1) is 15.5. The molecule has 0 bridgehead atoms. The lowest BCUT2D eigenvalue weighted by atomic mass is 10.2. The highest BCUT2D eigenvalue weighted by atomic mass is 32.2. The van der Waals surface area contributed by atoms with Crippen LogP contribution in [0.5, 0.6) is 5.75 Å². The Morgan fingerprint density at radius 1 is 1.42 bits per heavy atom. The molecule has 19 heavy (non-hydrogen) atoms. The molecule has 1 aromatic rings. The first-order valence-electron chi connectivity index (χ1n) is 5.89. The molecule has 6 nitrogen and oxygen atoms in total. The SMILES string of the molecule is CCOc1cccc(CNC(=O)CCS(N)(=O)=O)c1. The van der Waals surface area contributed by atoms with E-state index in [1.165, 1.54) is 0 Å². The number of carbonyl (C=O) groups excluding carboxylic acids is 1. The van der Waals surface area contributed by atoms with Crippen LogP contribution in [0.1, 0.15) is 18.9 Å². The van der Waals surface area contributed by atoms with Gasteiger partial charge in [0.25, 0.3) is 0 Å². The second kappa shape index (κ2) is 7.10. The van der Waals surface area contributed by atoms with Crippen LogP contribution in [0.15, 0.2) is 24.3 Å². The maximum absolute atomic E-state index is 11.4. The van der Waals surface area contributed by atoms with Gasteiger partial charge in [-0.3, -0.25) is 4.79 Å². The molecule has 1 rings (SSSR count). The van der Waals surface area contributed by atoms with Gasteiger partial charge < -0.3 is 10.1 Å². The summed E-state index contributed by atoms with van der Waals surface area (Å²) in [6.45, 7) is 2.79. The van der Waals surface area contributed by atoms with E-state index in [9.17, 15) is 13.2 Å². The molecule has 0 radical (unpaired) electrons. The van der Waals surface area contributed by atoms with Gasteiger partial charge in [-0.05, 0) is 24.6 Å². The molecule has 0 saturated carbocycles. The molecule has 0 aromatic heterocycles. The van der Waals surface area contributed by atoms with Gasteiger partial charge in [-0.25, -0.2) is 13.6 Å². The van der Waals surface area contributed by atoms with Crippen molar-refractivity contribution in [2.45, 2.75) is 19.9 Å². The molecule has 0 saturated heterocycles. The quantitative estimate of drug-likeness (QED) is 0.757. The van der Waals surface area contributed by atoms with E-state index in [1.807, 2.05) is 31.2 Å². The van der Waals surface area contributed by atoms with Crippen molar-refractivity contribution < 1.29 is 17.9 Å². The smallest absolute Gasteiger partial charge is 0.221 e. The Labute approximate surface area is 113 Å². The van der Waals surface area contributed by atoms with E-state index in [0.29, 0.717) is 13.2 Å². The van der Waals surface area contributed by atoms with Gasteiger partial charge in [0.15, 0.2) is 0 Å². The maximum atomic E-state index is 11.4. The normalized spacial score (nSPS) is 11.1. The summed E-state index contributed by atoms with van der Waals surface area (Å²) in [6.07, 6.45) is -0.135. The number of hydrogen-bond donors (Lipinski definition) is 2. The van der Waals surface area contributed by atoms with E-state index in [-0.39, 0.29) is 18.1 Å². The fourth-order valence-electron chi connectivity index (χ4n) is 1.44. The molecule has 3 N–H and O–H groups in total. The Bertz CT molecular complexity index is 528. The summed E-state index contributed by atoms with van der Waals surface area (Å²) in [5.74, 6) is 0.0345. The highest BCUT2D eigenvalue weighted by Gasteiger charge is 2.08. The first-order valence-corrected chi connectivity index (χ1v) is 7.61. The summed E-state index contributed by atoms with van der Waals surface area (Å²) in [6, 6.07) is 7.33. The second-order valence-corrected chi connectivity index (χ2v) is 5.71. The summed E-state index contributed by atoms with van der Waals surface area (Å²) < 4.78 is 26.8. The van der Waals surface area contributed by atoms with Crippen LogP contribution < -0.4 is 15.2 Å². The summed E-state index contributed by atoms with van der Waals surface area (Å²) >= 11 is 0. The third-order valence-electron chi connectivity index (χ3n) is 2.31. The molecule has 0 heterocycles. The van der Waals surface area contributed by atoms with Crippen LogP contribution in [0.25, 0.3) is 0 Å². The van der Waals surface area contributed by atoms with Crippen molar-refractivity contribution in [2.75, 3.05) is 12.4 Å². The number of nitrogens with one attached hydrogen (secondary N) is 1. The highest BCUT2D eigenvalue weighted by Crippen LogP contribution is 2.12. The van der Waals surface area contributed by atoms with E-state index < -0.39 is 10.0 Å². The predicted molar refractivity (Wildman–Crippen MR) is 72.0 cm³/mol. The molecule has 0 fully saturated rings. The lowest BCUT2D eigenvalue weighted by Crippen LogP contribution is -2.27. The molecular formula is C12H18N2O4S. The van der Waals surface area contributed by atoms with Crippen LogP contribution in [-0.2, 0) is 21.4 Å². The Kier molecular flexibility index (Phi) is 5.78. The summed E-state index contributed by atoms with van der Waals surface area (Å²) in [4.78, 5) is 11.4. The minimum absolute atomic E-state index is 0.135. The number of ether oxygens (including phenoxy) is 1. The number of hydrogen-bond acceptors (Lipinski definition) is 4. The van der Waals surface area contributed by atoms with E-state index in [0.717, 1.165) is 11.3 Å². The van der Waals surface area contributed by atoms with Crippen molar-refractivity contribution in [1.29, 1.82) is 0 Å². The molecule has 7 heteroatoms. The third-order valence-corrected chi connectivity index (χ3v) is 3.09. The highest BCUT2D eigenvalue weighted by molar-refractivity contribution is 7.89. The van der Waals surface area contributed by atoms with Gasteiger partial charge >= 0.3 is 0 Å². The standard InChI is InChI=1S/C12H18N2O4S/c1-2-18-11-5-3-4-10(8-11)9-14-12(15)6-7-19(13,16)17/h3-5,8H,2,6-7,9H2,1H3,(H,14,15)(H2,13,16,17). The fourth-order valence-corrected chi connectivity index (χ4v) is 1.91. The summed E-state index contributed by atoms with van der Waals surface area (Å²) in [5.41, 5.74) is 0.884. The van der Waals surface area contributed by atoms with Crippen LogP contribution in [0, 0.1) is 0 Å². The Balaban J connectivity index is 2.43. The molecule has 1 aromatic carbocycles. The van der Waals surface area contributed by atoms with Gasteiger partial charge in [-0.1, -0.05) is 12.1 Å². The van der Waals surface area contributed by atoms with Crippen molar-refractivity contribution in [2.24, 2.45) is 5.14 Å². The van der Waals surface area contributed by atoms with Crippen LogP contribution in [-0.4, -0.2) is 26.7 Å². The summed E-state index contributed by atoms with van der Waals surface area (Å²) in [7, 11) is -3.60. The van der Waals surface area contributed by atoms with E-state index in [2.05, 4.69) is 5.32 Å². The van der Waals surface area contributed by atoms with Gasteiger partial charge in [0.1, 0.15) is 5.75 Å². The van der Waals surface area contributed by atoms with Crippen molar-refractivity contribution in [1.82, 2.24) is 5.32 Å². The van der Waals surface area contributed by atoms with Crippen molar-refractivity contribution in [3.8, 4) is 5.75 Å². The van der Waals surface area contributed by atoms with E-state index in [1.54, 1.807) is 0 Å². The number of carbonyl (C=O) groups is 1. The van der Waals surface area contributed by atoms with Gasteiger partial charge in [0.05, 0.1) is 12.4 Å². The van der Waals surface area contributed by atoms with Crippen LogP contribution in [0.2, 0.25) is 0 Å². The topological polar surface area (TPSA) is 98.5 Å². The van der Waals surface area contributed by atoms with Crippen molar-refractivity contribution >= 4 is 15.9 Å². The van der Waals surface area contributed by atoms with Gasteiger partial charge in [0, 0.05) is 13.0 Å². The zero-order chi connectivity index (χ0) is 14.3. The number of rotatable bonds is 7. The molecule has 106 valence electrons. The summed E-state index contributed by atoms with van der Waals surface area (Å²) in [5, 5.41) is 7.45. The molecule has 0 aliphatic carbocycles. The van der Waals surface area contributed by atoms with Crippen molar-refractivity contribution in [3.05, 3.63) is 29.8 Å². The molecule has 0 unspecified atom stereocenters. The Hall–Kier alpha value is -1.60. The first-order chi connectivity index (χ1) is 8.90. The predicted octanol–water partition coefficient (Wildman–Crippen LogP) is 0.380. The molecule has 0 atom stereocenters. The lowest BCUT2D eigenvalue weighted by molar-refractivity contribution is -0.120. The van der Waals surface area contributed by atoms with E-state index >= 15 is 0 Å². The molecular weight excluding hydrogens is 268 g/mol. The van der Waals surface area contributed by atoms with Crippen LogP contribution in [0.3, 0.4) is 0 Å². The number of benzene rings is 1. The Morgan fingerprint density at radius 2 is 2.16 bits per heavy atom. The van der Waals surface area contributed by atoms with Crippen LogP contribution in [0.4, 0.5) is 0 Å². The average molecular weight is 286 g/mol. The van der Waals surface area contributed by atoms with Gasteiger partial charge in [-0.15, -0.1) is 0 Å². The minimum Gasteiger partial charge on any atom is -0.494 e. The molecule has 0 spiro atoms. The molecule has 0 aliphatic heterocycles. The minimum atomic E-state index is -3.60. The maximum Gasteiger partial charge on any atom is 0.221 e. The van der Waals surface area contributed by atoms with E-state index in [4.69, 9.17) is 9.88 Å². The van der Waals surface area contributed by atoms with Crippen LogP contribution >= 0.6 is 0 Å². The lowest BCUT2D eigenvalue weighted by Gasteiger charge is -2.07. The third kappa shape index (κ3) is 6.78. The van der Waals surface area contributed by atoms with Gasteiger partial charge in [-0.2, -0.15) is 0 Å². The number of sulfonamides is 1. The molecule has 1 amide bonds. The molecule has 0 aliphatic rings. The monoisotopic (exact) mass is 286 g/mol. The fraction of sp³-hybridized carbons (Fsp3) is 0.417. The zero-order valence-electron chi connectivity index (χ0n) is 10.8. The number of primary sulfonamides is 1. The number of amides is 1. The zero-order valence-corrected chi connectivity index (χ0v) is 11.6. The number of nitrogens with two attached hydrogens (primary N) is 1. The second-order valence-electron chi connectivity index (χ2n) is 3.97. The largest absolute Gasteiger partial charge is 0.494 e. The average Bonchev–Trinajstić information content (AvgIpc) is 2.34. The van der Waals surface area contributed by atoms with Gasteiger partial charge in [0.2, 0.25) is 15.9 Å². The Morgan fingerprint density at radius 3 is 2.79 bits per heavy atom. The van der Waals surface area contributed by atoms with Crippen molar-refractivity contribution in [3.63, 3.8) is 0 Å².